The van der Waals surface area contributed by atoms with Crippen LogP contribution in [0.2, 0.25) is 8.67 Å². The van der Waals surface area contributed by atoms with E-state index in [9.17, 15) is 4.79 Å². The summed E-state index contributed by atoms with van der Waals surface area (Å²) in [4.78, 5) is 13.4. The summed E-state index contributed by atoms with van der Waals surface area (Å²) in [5.74, 6) is -0.907. The summed E-state index contributed by atoms with van der Waals surface area (Å²) in [5.41, 5.74) is 1.04. The van der Waals surface area contributed by atoms with Gasteiger partial charge in [0.15, 0.2) is 0 Å². The number of hydrogen-bond donors (Lipinski definition) is 1. The second-order valence-electron chi connectivity index (χ2n) is 5.10. The molecule has 3 atom stereocenters. The lowest BCUT2D eigenvalue weighted by Crippen LogP contribution is -2.43. The summed E-state index contributed by atoms with van der Waals surface area (Å²) >= 11 is 13.6. The smallest absolute Gasteiger partial charge is 0.306 e. The summed E-state index contributed by atoms with van der Waals surface area (Å²) in [6, 6.07) is 2.32. The quantitative estimate of drug-likeness (QED) is 0.902. The van der Waals surface area contributed by atoms with Crippen LogP contribution in [0, 0.1) is 5.92 Å². The van der Waals surface area contributed by atoms with Gasteiger partial charge in [0.25, 0.3) is 0 Å². The van der Waals surface area contributed by atoms with Gasteiger partial charge in [-0.3, -0.25) is 9.69 Å². The van der Waals surface area contributed by atoms with Crippen molar-refractivity contribution in [1.29, 1.82) is 0 Å². The first kappa shape index (κ1) is 15.1. The number of thiophene rings is 1. The molecule has 0 aromatic carbocycles. The highest BCUT2D eigenvalue weighted by atomic mass is 35.5. The molecule has 1 aromatic heterocycles. The average Bonchev–Trinajstić information content (AvgIpc) is 2.67. The molecule has 1 aliphatic heterocycles. The van der Waals surface area contributed by atoms with Crippen LogP contribution in [0.4, 0.5) is 0 Å². The maximum Gasteiger partial charge on any atom is 0.306 e. The van der Waals surface area contributed by atoms with E-state index >= 15 is 0 Å². The Balaban J connectivity index is 2.10. The van der Waals surface area contributed by atoms with Crippen LogP contribution >= 0.6 is 34.5 Å². The summed E-state index contributed by atoms with van der Waals surface area (Å²) in [5, 5.41) is 9.09. The van der Waals surface area contributed by atoms with Gasteiger partial charge >= 0.3 is 5.97 Å². The van der Waals surface area contributed by atoms with Crippen molar-refractivity contribution in [1.82, 2.24) is 4.90 Å². The zero-order valence-electron chi connectivity index (χ0n) is 10.9. The Hall–Kier alpha value is -0.290. The molecule has 19 heavy (non-hydrogen) atoms. The Labute approximate surface area is 127 Å². The first-order valence-electron chi connectivity index (χ1n) is 6.33. The molecular formula is C13H17Cl2NO2S. The number of carbonyl (C=O) groups is 1. The van der Waals surface area contributed by atoms with Crippen LogP contribution in [0.3, 0.4) is 0 Å². The zero-order valence-corrected chi connectivity index (χ0v) is 13.2. The minimum atomic E-state index is -0.684. The van der Waals surface area contributed by atoms with Crippen molar-refractivity contribution in [2.24, 2.45) is 5.92 Å². The fourth-order valence-electron chi connectivity index (χ4n) is 2.81. The van der Waals surface area contributed by atoms with Crippen LogP contribution in [0.1, 0.15) is 38.3 Å². The van der Waals surface area contributed by atoms with Crippen molar-refractivity contribution in [2.75, 3.05) is 6.54 Å². The van der Waals surface area contributed by atoms with E-state index in [2.05, 4.69) is 18.7 Å². The summed E-state index contributed by atoms with van der Waals surface area (Å²) < 4.78 is 1.42. The number of carboxylic acid groups (broad SMARTS) is 1. The van der Waals surface area contributed by atoms with Crippen LogP contribution in [0.25, 0.3) is 0 Å². The van der Waals surface area contributed by atoms with Crippen molar-refractivity contribution in [2.45, 2.75) is 38.8 Å². The molecule has 1 aliphatic rings. The highest BCUT2D eigenvalue weighted by molar-refractivity contribution is 7.20. The van der Waals surface area contributed by atoms with E-state index in [-0.39, 0.29) is 18.0 Å². The first-order chi connectivity index (χ1) is 8.90. The van der Waals surface area contributed by atoms with Crippen LogP contribution in [0.5, 0.6) is 0 Å². The number of hydrogen-bond acceptors (Lipinski definition) is 3. The number of nitrogens with zero attached hydrogens (tertiary/aromatic N) is 1. The van der Waals surface area contributed by atoms with E-state index in [1.54, 1.807) is 0 Å². The van der Waals surface area contributed by atoms with Crippen LogP contribution < -0.4 is 0 Å². The average molecular weight is 322 g/mol. The standard InChI is InChI=1S/C13H17Cl2NO2S/c1-7-5-9(13(17)18)3-4-16(7)8(2)10-6-11(14)19-12(10)15/h6-9H,3-5H2,1-2H3,(H,17,18). The highest BCUT2D eigenvalue weighted by Gasteiger charge is 2.33. The van der Waals surface area contributed by atoms with Crippen molar-refractivity contribution in [3.8, 4) is 0 Å². The predicted octanol–water partition coefficient (Wildman–Crippen LogP) is 4.30. The molecular weight excluding hydrogens is 305 g/mol. The van der Waals surface area contributed by atoms with Gasteiger partial charge in [-0.25, -0.2) is 0 Å². The van der Waals surface area contributed by atoms with Crippen molar-refractivity contribution in [3.63, 3.8) is 0 Å². The maximum atomic E-state index is 11.0. The third-order valence-corrected chi connectivity index (χ3v) is 5.43. The van der Waals surface area contributed by atoms with Gasteiger partial charge in [-0.1, -0.05) is 23.2 Å². The maximum absolute atomic E-state index is 11.0. The van der Waals surface area contributed by atoms with Gasteiger partial charge in [-0.15, -0.1) is 11.3 Å². The fourth-order valence-corrected chi connectivity index (χ4v) is 4.44. The number of halogens is 2. The largest absolute Gasteiger partial charge is 0.481 e. The molecule has 3 nitrogen and oxygen atoms in total. The second-order valence-corrected chi connectivity index (χ2v) is 7.39. The lowest BCUT2D eigenvalue weighted by molar-refractivity contribution is -0.144. The Kier molecular flexibility index (Phi) is 4.77. The molecule has 0 radical (unpaired) electrons. The lowest BCUT2D eigenvalue weighted by Gasteiger charge is -2.40. The van der Waals surface area contributed by atoms with E-state index in [1.165, 1.54) is 11.3 Å². The Morgan fingerprint density at radius 2 is 2.26 bits per heavy atom. The Morgan fingerprint density at radius 3 is 2.74 bits per heavy atom. The Morgan fingerprint density at radius 1 is 1.58 bits per heavy atom. The number of carboxylic acids is 1. The van der Waals surface area contributed by atoms with E-state index in [1.807, 2.05) is 6.07 Å². The second kappa shape index (κ2) is 6.00. The van der Waals surface area contributed by atoms with Gasteiger partial charge in [0.2, 0.25) is 0 Å². The SMILES string of the molecule is CC1CC(C(=O)O)CCN1C(C)c1cc(Cl)sc1Cl. The molecule has 0 spiro atoms. The van der Waals surface area contributed by atoms with Gasteiger partial charge in [0, 0.05) is 17.6 Å². The van der Waals surface area contributed by atoms with Crippen molar-refractivity contribution in [3.05, 3.63) is 20.3 Å². The molecule has 1 saturated heterocycles. The summed E-state index contributed by atoms with van der Waals surface area (Å²) in [6.45, 7) is 4.96. The van der Waals surface area contributed by atoms with E-state index in [0.29, 0.717) is 17.2 Å². The zero-order chi connectivity index (χ0) is 14.2. The fraction of sp³-hybridized carbons (Fsp3) is 0.615. The molecule has 0 aliphatic carbocycles. The molecule has 2 heterocycles. The summed E-state index contributed by atoms with van der Waals surface area (Å²) in [7, 11) is 0. The normalized spacial score (nSPS) is 26.3. The minimum Gasteiger partial charge on any atom is -0.481 e. The van der Waals surface area contributed by atoms with E-state index in [0.717, 1.165) is 16.4 Å². The molecule has 0 saturated carbocycles. The number of rotatable bonds is 3. The molecule has 106 valence electrons. The van der Waals surface area contributed by atoms with Gasteiger partial charge in [0.1, 0.15) is 0 Å². The van der Waals surface area contributed by atoms with Crippen molar-refractivity contribution < 1.29 is 9.90 Å². The van der Waals surface area contributed by atoms with Crippen LogP contribution in [-0.2, 0) is 4.79 Å². The van der Waals surface area contributed by atoms with Gasteiger partial charge in [-0.2, -0.15) is 0 Å². The predicted molar refractivity (Wildman–Crippen MR) is 79.3 cm³/mol. The number of aliphatic carboxylic acids is 1. The summed E-state index contributed by atoms with van der Waals surface area (Å²) in [6.07, 6.45) is 1.38. The third kappa shape index (κ3) is 3.24. The monoisotopic (exact) mass is 321 g/mol. The molecule has 3 unspecified atom stereocenters. The van der Waals surface area contributed by atoms with Gasteiger partial charge in [0.05, 0.1) is 14.6 Å². The molecule has 1 fully saturated rings. The van der Waals surface area contributed by atoms with Crippen molar-refractivity contribution >= 4 is 40.5 Å². The minimum absolute atomic E-state index is 0.168. The number of piperidine rings is 1. The Bertz CT molecular complexity index is 477. The van der Waals surface area contributed by atoms with Gasteiger partial charge < -0.3 is 5.11 Å². The van der Waals surface area contributed by atoms with E-state index in [4.69, 9.17) is 28.3 Å². The van der Waals surface area contributed by atoms with Crippen LogP contribution in [-0.4, -0.2) is 28.6 Å². The lowest BCUT2D eigenvalue weighted by atomic mass is 9.90. The molecule has 6 heteroatoms. The molecule has 2 rings (SSSR count). The van der Waals surface area contributed by atoms with E-state index < -0.39 is 5.97 Å². The molecule has 1 aromatic rings. The first-order valence-corrected chi connectivity index (χ1v) is 7.90. The molecule has 1 N–H and O–H groups in total. The third-order valence-electron chi connectivity index (χ3n) is 3.91. The topological polar surface area (TPSA) is 40.5 Å². The molecule has 0 amide bonds. The van der Waals surface area contributed by atoms with Crippen LogP contribution in [0.15, 0.2) is 6.07 Å². The van der Waals surface area contributed by atoms with Gasteiger partial charge in [-0.05, 0) is 39.3 Å². The number of likely N-dealkylation sites (tertiary alicyclic amines) is 1. The molecule has 0 bridgehead atoms. The highest BCUT2D eigenvalue weighted by Crippen LogP contribution is 2.39.